The zero-order chi connectivity index (χ0) is 14.8. The molecule has 1 aromatic rings. The number of ether oxygens (including phenoxy) is 1. The van der Waals surface area contributed by atoms with Crippen molar-refractivity contribution in [3.8, 4) is 0 Å². The number of hydrogen-bond donors (Lipinski definition) is 1. The number of hydrogen-bond acceptors (Lipinski definition) is 3. The van der Waals surface area contributed by atoms with Crippen LogP contribution in [0, 0.1) is 5.92 Å². The van der Waals surface area contributed by atoms with Gasteiger partial charge < -0.3 is 9.64 Å². The molecular formula is C16H21ClN2O2. The van der Waals surface area contributed by atoms with Gasteiger partial charge in [-0.1, -0.05) is 23.7 Å². The fourth-order valence-corrected chi connectivity index (χ4v) is 3.25. The van der Waals surface area contributed by atoms with Crippen molar-refractivity contribution in [1.29, 1.82) is 0 Å². The number of carbonyl (C=O) groups is 1. The van der Waals surface area contributed by atoms with Crippen molar-refractivity contribution in [2.45, 2.75) is 32.0 Å². The second-order valence-corrected chi connectivity index (χ2v) is 6.35. The van der Waals surface area contributed by atoms with Gasteiger partial charge in [-0.25, -0.2) is 0 Å². The third-order valence-corrected chi connectivity index (χ3v) is 4.52. The number of benzene rings is 1. The Balaban J connectivity index is 1.77. The van der Waals surface area contributed by atoms with Crippen molar-refractivity contribution in [1.82, 2.24) is 10.2 Å². The van der Waals surface area contributed by atoms with Gasteiger partial charge in [0.25, 0.3) is 0 Å². The summed E-state index contributed by atoms with van der Waals surface area (Å²) in [7, 11) is 0. The third-order valence-electron chi connectivity index (χ3n) is 4.27. The van der Waals surface area contributed by atoms with Crippen LogP contribution in [-0.4, -0.2) is 36.6 Å². The summed E-state index contributed by atoms with van der Waals surface area (Å²) >= 11 is 5.95. The van der Waals surface area contributed by atoms with Gasteiger partial charge in [-0.05, 0) is 37.5 Å². The van der Waals surface area contributed by atoms with Crippen molar-refractivity contribution < 1.29 is 9.53 Å². The molecule has 5 heteroatoms. The van der Waals surface area contributed by atoms with Gasteiger partial charge in [0.1, 0.15) is 6.17 Å². The monoisotopic (exact) mass is 308 g/mol. The molecule has 0 saturated carbocycles. The molecule has 2 aliphatic rings. The van der Waals surface area contributed by atoms with Gasteiger partial charge in [0.05, 0.1) is 12.6 Å². The van der Waals surface area contributed by atoms with Crippen LogP contribution in [0.15, 0.2) is 24.3 Å². The molecule has 0 spiro atoms. The van der Waals surface area contributed by atoms with Crippen LogP contribution in [0.4, 0.5) is 0 Å². The van der Waals surface area contributed by atoms with Crippen molar-refractivity contribution in [2.75, 3.05) is 19.8 Å². The lowest BCUT2D eigenvalue weighted by atomic mass is 10.0. The SMILES string of the molecule is CC1NC(c2ccc(Cl)cc2)N(CC2CCCOC2)C1=O. The molecule has 3 unspecified atom stereocenters. The van der Waals surface area contributed by atoms with Crippen LogP contribution in [0.3, 0.4) is 0 Å². The number of amides is 1. The van der Waals surface area contributed by atoms with Crippen LogP contribution in [0.1, 0.15) is 31.5 Å². The van der Waals surface area contributed by atoms with E-state index < -0.39 is 0 Å². The van der Waals surface area contributed by atoms with Gasteiger partial charge in [-0.2, -0.15) is 0 Å². The smallest absolute Gasteiger partial charge is 0.241 e. The molecule has 21 heavy (non-hydrogen) atoms. The van der Waals surface area contributed by atoms with E-state index in [0.29, 0.717) is 10.9 Å². The molecule has 0 aliphatic carbocycles. The summed E-state index contributed by atoms with van der Waals surface area (Å²) < 4.78 is 5.54. The standard InChI is InChI=1S/C16H21ClN2O2/c1-11-16(20)19(9-12-3-2-8-21-10-12)15(18-11)13-4-6-14(17)7-5-13/h4-7,11-12,15,18H,2-3,8-10H2,1H3. The van der Waals surface area contributed by atoms with E-state index in [1.165, 1.54) is 0 Å². The Morgan fingerprint density at radius 3 is 2.81 bits per heavy atom. The molecule has 1 N–H and O–H groups in total. The Morgan fingerprint density at radius 2 is 2.14 bits per heavy atom. The summed E-state index contributed by atoms with van der Waals surface area (Å²) in [5, 5.41) is 4.08. The molecule has 0 bridgehead atoms. The average molecular weight is 309 g/mol. The van der Waals surface area contributed by atoms with Crippen molar-refractivity contribution in [3.63, 3.8) is 0 Å². The van der Waals surface area contributed by atoms with Gasteiger partial charge in [-0.15, -0.1) is 0 Å². The molecule has 3 rings (SSSR count). The van der Waals surface area contributed by atoms with Gasteiger partial charge in [0.2, 0.25) is 5.91 Å². The molecule has 2 aliphatic heterocycles. The summed E-state index contributed by atoms with van der Waals surface area (Å²) in [4.78, 5) is 14.4. The maximum atomic E-state index is 12.4. The highest BCUT2D eigenvalue weighted by Gasteiger charge is 2.38. The Hall–Kier alpha value is -1.10. The maximum absolute atomic E-state index is 12.4. The summed E-state index contributed by atoms with van der Waals surface area (Å²) in [6, 6.07) is 7.56. The molecule has 4 nitrogen and oxygen atoms in total. The zero-order valence-electron chi connectivity index (χ0n) is 12.2. The molecule has 2 saturated heterocycles. The first-order valence-electron chi connectivity index (χ1n) is 7.55. The van der Waals surface area contributed by atoms with Crippen LogP contribution in [-0.2, 0) is 9.53 Å². The minimum absolute atomic E-state index is 0.0632. The first-order valence-corrected chi connectivity index (χ1v) is 7.92. The van der Waals surface area contributed by atoms with Crippen LogP contribution < -0.4 is 5.32 Å². The molecule has 1 amide bonds. The molecule has 2 heterocycles. The summed E-state index contributed by atoms with van der Waals surface area (Å²) in [6.07, 6.45) is 2.15. The second kappa shape index (κ2) is 6.34. The van der Waals surface area contributed by atoms with E-state index >= 15 is 0 Å². The molecular weight excluding hydrogens is 288 g/mol. The van der Waals surface area contributed by atoms with E-state index in [1.54, 1.807) is 0 Å². The van der Waals surface area contributed by atoms with Crippen LogP contribution in [0.2, 0.25) is 5.02 Å². The highest BCUT2D eigenvalue weighted by molar-refractivity contribution is 6.30. The number of halogens is 1. The Kier molecular flexibility index (Phi) is 4.48. The zero-order valence-corrected chi connectivity index (χ0v) is 13.0. The Morgan fingerprint density at radius 1 is 1.38 bits per heavy atom. The largest absolute Gasteiger partial charge is 0.381 e. The van der Waals surface area contributed by atoms with E-state index in [4.69, 9.17) is 16.3 Å². The molecule has 1 aromatic carbocycles. The lowest BCUT2D eigenvalue weighted by molar-refractivity contribution is -0.131. The number of nitrogens with one attached hydrogen (secondary N) is 1. The van der Waals surface area contributed by atoms with Crippen LogP contribution >= 0.6 is 11.6 Å². The Bertz CT molecular complexity index is 500. The van der Waals surface area contributed by atoms with Crippen molar-refractivity contribution >= 4 is 17.5 Å². The topological polar surface area (TPSA) is 41.6 Å². The first kappa shape index (κ1) is 14.8. The summed E-state index contributed by atoms with van der Waals surface area (Å²) in [5.41, 5.74) is 1.08. The Labute approximate surface area is 130 Å². The van der Waals surface area contributed by atoms with Gasteiger partial charge in [-0.3, -0.25) is 10.1 Å². The fraction of sp³-hybridized carbons (Fsp3) is 0.562. The highest BCUT2D eigenvalue weighted by Crippen LogP contribution is 2.28. The molecule has 0 aromatic heterocycles. The number of nitrogens with zero attached hydrogens (tertiary/aromatic N) is 1. The maximum Gasteiger partial charge on any atom is 0.241 e. The number of carbonyl (C=O) groups excluding carboxylic acids is 1. The average Bonchev–Trinajstić information content (AvgIpc) is 2.78. The highest BCUT2D eigenvalue weighted by atomic mass is 35.5. The molecule has 2 fully saturated rings. The minimum atomic E-state index is -0.143. The quantitative estimate of drug-likeness (QED) is 0.933. The van der Waals surface area contributed by atoms with E-state index in [2.05, 4.69) is 5.32 Å². The van der Waals surface area contributed by atoms with Gasteiger partial charge in [0.15, 0.2) is 0 Å². The van der Waals surface area contributed by atoms with Crippen molar-refractivity contribution in [3.05, 3.63) is 34.9 Å². The van der Waals surface area contributed by atoms with E-state index in [1.807, 2.05) is 36.1 Å². The summed E-state index contributed by atoms with van der Waals surface area (Å²) in [5.74, 6) is 0.602. The third kappa shape index (κ3) is 3.23. The minimum Gasteiger partial charge on any atom is -0.381 e. The van der Waals surface area contributed by atoms with Gasteiger partial charge in [0, 0.05) is 24.1 Å². The lowest BCUT2D eigenvalue weighted by Crippen LogP contribution is -2.37. The van der Waals surface area contributed by atoms with Gasteiger partial charge >= 0.3 is 0 Å². The molecule has 3 atom stereocenters. The second-order valence-electron chi connectivity index (χ2n) is 5.92. The van der Waals surface area contributed by atoms with E-state index in [9.17, 15) is 4.79 Å². The number of rotatable bonds is 3. The van der Waals surface area contributed by atoms with E-state index in [-0.39, 0.29) is 18.1 Å². The summed E-state index contributed by atoms with van der Waals surface area (Å²) in [6.45, 7) is 4.28. The fourth-order valence-electron chi connectivity index (χ4n) is 3.12. The first-order chi connectivity index (χ1) is 10.1. The van der Waals surface area contributed by atoms with Crippen molar-refractivity contribution in [2.24, 2.45) is 5.92 Å². The van der Waals surface area contributed by atoms with E-state index in [0.717, 1.165) is 38.2 Å². The predicted molar refractivity (Wildman–Crippen MR) is 82.0 cm³/mol. The normalized spacial score (nSPS) is 29.9. The predicted octanol–water partition coefficient (Wildman–Crippen LogP) is 2.59. The lowest BCUT2D eigenvalue weighted by Gasteiger charge is -2.30. The molecule has 0 radical (unpaired) electrons. The van der Waals surface area contributed by atoms with Crippen LogP contribution in [0.5, 0.6) is 0 Å². The molecule has 114 valence electrons. The van der Waals surface area contributed by atoms with Crippen LogP contribution in [0.25, 0.3) is 0 Å².